The molecule has 208 valence electrons. The lowest BCUT2D eigenvalue weighted by Crippen LogP contribution is -2.15. The first-order valence-corrected chi connectivity index (χ1v) is 15.1. The number of aliphatic imine (C=N–C) groups is 2. The number of amides is 1. The van der Waals surface area contributed by atoms with Gasteiger partial charge in [0.1, 0.15) is 11.5 Å². The molecule has 7 heteroatoms. The van der Waals surface area contributed by atoms with Gasteiger partial charge in [0.05, 0.1) is 0 Å². The number of rotatable bonds is 13. The summed E-state index contributed by atoms with van der Waals surface area (Å²) in [6.45, 7) is 19.4. The molecule has 0 atom stereocenters. The van der Waals surface area contributed by atoms with E-state index in [4.69, 9.17) is 0 Å². The minimum absolute atomic E-state index is 0.296. The summed E-state index contributed by atoms with van der Waals surface area (Å²) in [5.41, 5.74) is 6.72. The molecule has 0 aliphatic carbocycles. The van der Waals surface area contributed by atoms with E-state index in [9.17, 15) is 4.79 Å². The van der Waals surface area contributed by atoms with Crippen LogP contribution in [-0.4, -0.2) is 29.8 Å². The average molecular weight is 571 g/mol. The number of benzene rings is 2. The van der Waals surface area contributed by atoms with Crippen molar-refractivity contribution in [1.82, 2.24) is 0 Å². The van der Waals surface area contributed by atoms with E-state index in [1.165, 1.54) is 0 Å². The number of carbonyl (C=O) groups is 1. The third-order valence-electron chi connectivity index (χ3n) is 5.67. The van der Waals surface area contributed by atoms with Crippen LogP contribution in [0.25, 0.3) is 4.91 Å². The zero-order chi connectivity index (χ0) is 29.5. The van der Waals surface area contributed by atoms with E-state index in [0.717, 1.165) is 43.5 Å². The summed E-state index contributed by atoms with van der Waals surface area (Å²) in [6, 6.07) is 13.8. The van der Waals surface area contributed by atoms with Gasteiger partial charge >= 0.3 is 0 Å². The van der Waals surface area contributed by atoms with Gasteiger partial charge in [0, 0.05) is 27.6 Å². The van der Waals surface area contributed by atoms with E-state index in [1.807, 2.05) is 101 Å². The number of nitrogens with zero attached hydrogens (tertiary/aromatic N) is 2. The molecule has 0 aliphatic heterocycles. The Morgan fingerprint density at radius 3 is 2.42 bits per heavy atom. The van der Waals surface area contributed by atoms with Crippen molar-refractivity contribution in [2.24, 2.45) is 9.98 Å². The normalized spacial score (nSPS) is 12.8. The van der Waals surface area contributed by atoms with Gasteiger partial charge in [0.25, 0.3) is 5.91 Å². The van der Waals surface area contributed by atoms with E-state index in [0.29, 0.717) is 17.2 Å². The van der Waals surface area contributed by atoms with Gasteiger partial charge in [-0.1, -0.05) is 73.4 Å². The summed E-state index contributed by atoms with van der Waals surface area (Å²) in [4.78, 5) is 22.8. The first kappa shape index (κ1) is 32.4. The highest BCUT2D eigenvalue weighted by molar-refractivity contribution is 8.20. The molecule has 0 radical (unpaired) electrons. The Labute approximate surface area is 247 Å². The highest BCUT2D eigenvalue weighted by atomic mass is 32.2. The second-order valence-corrected chi connectivity index (χ2v) is 11.0. The van der Waals surface area contributed by atoms with Crippen LogP contribution in [0.1, 0.15) is 30.5 Å². The van der Waals surface area contributed by atoms with Gasteiger partial charge in [-0.2, -0.15) is 11.8 Å². The van der Waals surface area contributed by atoms with Gasteiger partial charge in [-0.05, 0) is 81.2 Å². The van der Waals surface area contributed by atoms with Crippen LogP contribution in [0.2, 0.25) is 0 Å². The molecule has 2 N–H and O–H groups in total. The highest BCUT2D eigenvalue weighted by Gasteiger charge is 2.17. The van der Waals surface area contributed by atoms with Gasteiger partial charge < -0.3 is 10.6 Å². The zero-order valence-electron chi connectivity index (χ0n) is 24.0. The van der Waals surface area contributed by atoms with Crippen molar-refractivity contribution in [2.45, 2.75) is 27.7 Å². The molecule has 2 aromatic carbocycles. The molecule has 0 fully saturated rings. The third-order valence-corrected chi connectivity index (χ3v) is 7.80. The first-order valence-electron chi connectivity index (χ1n) is 12.7. The fraction of sp³-hybridized carbons (Fsp3) is 0.182. The van der Waals surface area contributed by atoms with Gasteiger partial charge in [-0.15, -0.1) is 11.8 Å². The molecule has 0 aliphatic rings. The van der Waals surface area contributed by atoms with Crippen molar-refractivity contribution in [3.8, 4) is 0 Å². The molecular formula is C33H38N4OS2. The number of carbonyl (C=O) groups excluding carboxylic acids is 1. The minimum atomic E-state index is -0.314. The van der Waals surface area contributed by atoms with Crippen LogP contribution in [0.3, 0.4) is 0 Å². The SMILES string of the molecule is C=C/C=C\C(=C/C)C(=C)/C=C\N=C(/C)Nc1cc(NC(=O)/C(N=C)=C(/SCSC)c2ccc(C)cc2)ccc1C. The predicted molar refractivity (Wildman–Crippen MR) is 182 cm³/mol. The Morgan fingerprint density at radius 2 is 1.80 bits per heavy atom. The summed E-state index contributed by atoms with van der Waals surface area (Å²) in [7, 11) is 0. The fourth-order valence-corrected chi connectivity index (χ4v) is 5.04. The maximum atomic E-state index is 13.4. The van der Waals surface area contributed by atoms with Crippen molar-refractivity contribution < 1.29 is 4.79 Å². The fourth-order valence-electron chi connectivity index (χ4n) is 3.51. The van der Waals surface area contributed by atoms with Crippen LogP contribution in [-0.2, 0) is 4.79 Å². The molecule has 0 heterocycles. The lowest BCUT2D eigenvalue weighted by Gasteiger charge is -2.14. The molecule has 0 aromatic heterocycles. The standard InChI is InChI=1S/C33H38N4OS2/c1-9-11-12-27(10-2)24(4)19-20-35-26(6)36-30-21-29(18-15-25(30)5)37-33(38)31(34-7)32(40-22-39-8)28-16-13-23(3)14-17-28/h9-21H,1,4,7,22H2,2-3,5-6,8H3,(H,35,36)(H,37,38)/b12-11-,20-19-,27-10+,32-31-. The molecular weight excluding hydrogens is 533 g/mol. The van der Waals surface area contributed by atoms with Crippen LogP contribution in [0.5, 0.6) is 0 Å². The molecule has 0 saturated carbocycles. The monoisotopic (exact) mass is 570 g/mol. The van der Waals surface area contributed by atoms with E-state index in [2.05, 4.69) is 40.5 Å². The Kier molecular flexibility index (Phi) is 13.8. The molecule has 0 saturated heterocycles. The van der Waals surface area contributed by atoms with Crippen molar-refractivity contribution in [2.75, 3.05) is 22.0 Å². The number of allylic oxidation sites excluding steroid dienone is 7. The van der Waals surface area contributed by atoms with Crippen LogP contribution >= 0.6 is 23.5 Å². The molecule has 40 heavy (non-hydrogen) atoms. The van der Waals surface area contributed by atoms with Gasteiger partial charge in [-0.3, -0.25) is 9.79 Å². The van der Waals surface area contributed by atoms with Crippen molar-refractivity contribution >= 4 is 58.3 Å². The zero-order valence-corrected chi connectivity index (χ0v) is 25.6. The molecule has 2 aromatic rings. The minimum Gasteiger partial charge on any atom is -0.344 e. The molecule has 2 rings (SSSR count). The Bertz CT molecular complexity index is 1380. The van der Waals surface area contributed by atoms with Crippen LogP contribution in [0, 0.1) is 13.8 Å². The summed E-state index contributed by atoms with van der Waals surface area (Å²) in [6.07, 6.45) is 13.1. The number of hydrogen-bond acceptors (Lipinski definition) is 5. The van der Waals surface area contributed by atoms with Gasteiger partial charge in [0.15, 0.2) is 0 Å². The summed E-state index contributed by atoms with van der Waals surface area (Å²) >= 11 is 3.27. The largest absolute Gasteiger partial charge is 0.344 e. The molecule has 0 unspecified atom stereocenters. The molecule has 0 spiro atoms. The van der Waals surface area contributed by atoms with Crippen molar-refractivity contribution in [3.63, 3.8) is 0 Å². The Morgan fingerprint density at radius 1 is 1.07 bits per heavy atom. The Hall–Kier alpha value is -3.81. The third kappa shape index (κ3) is 10.1. The lowest BCUT2D eigenvalue weighted by atomic mass is 10.1. The first-order chi connectivity index (χ1) is 19.2. The van der Waals surface area contributed by atoms with E-state index in [1.54, 1.807) is 35.8 Å². The van der Waals surface area contributed by atoms with Crippen LogP contribution in [0.4, 0.5) is 11.4 Å². The molecule has 5 nitrogen and oxygen atoms in total. The second kappa shape index (κ2) is 17.0. The van der Waals surface area contributed by atoms with Crippen molar-refractivity contribution in [3.05, 3.63) is 126 Å². The number of aryl methyl sites for hydroxylation is 2. The smallest absolute Gasteiger partial charge is 0.275 e. The number of hydrogen-bond donors (Lipinski definition) is 2. The average Bonchev–Trinajstić information content (AvgIpc) is 2.93. The van der Waals surface area contributed by atoms with Gasteiger partial charge in [-0.25, -0.2) is 4.99 Å². The van der Waals surface area contributed by atoms with Gasteiger partial charge in [0.2, 0.25) is 0 Å². The maximum Gasteiger partial charge on any atom is 0.275 e. The number of thioether (sulfide) groups is 2. The predicted octanol–water partition coefficient (Wildman–Crippen LogP) is 8.95. The van der Waals surface area contributed by atoms with E-state index < -0.39 is 0 Å². The Balaban J connectivity index is 2.25. The summed E-state index contributed by atoms with van der Waals surface area (Å²) in [5, 5.41) is 7.10. The maximum absolute atomic E-state index is 13.4. The lowest BCUT2D eigenvalue weighted by molar-refractivity contribution is -0.112. The van der Waals surface area contributed by atoms with E-state index in [-0.39, 0.29) is 5.91 Å². The number of anilines is 2. The summed E-state index contributed by atoms with van der Waals surface area (Å²) < 4.78 is 0. The highest BCUT2D eigenvalue weighted by Crippen LogP contribution is 2.34. The topological polar surface area (TPSA) is 65.8 Å². The van der Waals surface area contributed by atoms with Crippen LogP contribution in [0.15, 0.2) is 119 Å². The second-order valence-electron chi connectivity index (χ2n) is 8.76. The molecule has 1 amide bonds. The number of amidine groups is 1. The number of nitrogens with one attached hydrogen (secondary N) is 2. The van der Waals surface area contributed by atoms with Crippen molar-refractivity contribution in [1.29, 1.82) is 0 Å². The van der Waals surface area contributed by atoms with E-state index >= 15 is 0 Å². The molecule has 0 bridgehead atoms. The summed E-state index contributed by atoms with van der Waals surface area (Å²) in [5.74, 6) is 0.383. The van der Waals surface area contributed by atoms with Crippen LogP contribution < -0.4 is 10.6 Å². The quantitative estimate of drug-likeness (QED) is 0.0829.